The number of nitrogens with zero attached hydrogens (tertiary/aromatic N) is 1. The van der Waals surface area contributed by atoms with Gasteiger partial charge in [-0.3, -0.25) is 19.8 Å². The van der Waals surface area contributed by atoms with E-state index >= 15 is 0 Å². The highest BCUT2D eigenvalue weighted by atomic mass is 16.2. The largest absolute Gasteiger partial charge is 0.331 e. The number of hydrogen-bond donors (Lipinski definition) is 1. The molecular formula is C16H24N2O3. The lowest BCUT2D eigenvalue weighted by atomic mass is 9.75. The molecule has 0 aromatic heterocycles. The number of hydrogen-bond acceptors (Lipinski definition) is 3. The lowest BCUT2D eigenvalue weighted by molar-refractivity contribution is -0.156. The summed E-state index contributed by atoms with van der Waals surface area (Å²) in [4.78, 5) is 39.2. The van der Waals surface area contributed by atoms with E-state index in [4.69, 9.17) is 0 Å². The summed E-state index contributed by atoms with van der Waals surface area (Å²) < 4.78 is 0. The Morgan fingerprint density at radius 1 is 1.05 bits per heavy atom. The van der Waals surface area contributed by atoms with Gasteiger partial charge in [-0.2, -0.15) is 0 Å². The van der Waals surface area contributed by atoms with Crippen LogP contribution < -0.4 is 5.32 Å². The van der Waals surface area contributed by atoms with Crippen LogP contribution in [0.5, 0.6) is 0 Å². The second kappa shape index (κ2) is 4.82. The highest BCUT2D eigenvalue weighted by Gasteiger charge is 2.58. The molecule has 3 rings (SSSR count). The number of rotatable bonds is 2. The highest BCUT2D eigenvalue weighted by molar-refractivity contribution is 6.19. The van der Waals surface area contributed by atoms with E-state index in [1.54, 1.807) is 0 Å². The Balaban J connectivity index is 1.96. The van der Waals surface area contributed by atoms with Crippen molar-refractivity contribution in [1.29, 1.82) is 0 Å². The Labute approximate surface area is 125 Å². The summed E-state index contributed by atoms with van der Waals surface area (Å²) in [5.41, 5.74) is -1.50. The maximum atomic E-state index is 13.1. The van der Waals surface area contributed by atoms with Gasteiger partial charge in [0.25, 0.3) is 0 Å². The van der Waals surface area contributed by atoms with Crippen LogP contribution in [0.3, 0.4) is 0 Å². The summed E-state index contributed by atoms with van der Waals surface area (Å²) in [6, 6.07) is -0.531. The van der Waals surface area contributed by atoms with Crippen molar-refractivity contribution in [2.45, 2.75) is 70.8 Å². The van der Waals surface area contributed by atoms with Crippen LogP contribution in [0.2, 0.25) is 0 Å². The van der Waals surface area contributed by atoms with Crippen molar-refractivity contribution in [2.24, 2.45) is 11.3 Å². The van der Waals surface area contributed by atoms with Crippen LogP contribution >= 0.6 is 0 Å². The Hall–Kier alpha value is -1.39. The number of barbiturate groups is 1. The van der Waals surface area contributed by atoms with E-state index in [1.807, 2.05) is 13.8 Å². The number of urea groups is 1. The van der Waals surface area contributed by atoms with E-state index in [0.717, 1.165) is 38.5 Å². The highest BCUT2D eigenvalue weighted by Crippen LogP contribution is 2.47. The molecule has 0 radical (unpaired) electrons. The molecule has 116 valence electrons. The molecule has 2 saturated carbocycles. The summed E-state index contributed by atoms with van der Waals surface area (Å²) in [6.07, 6.45) is 7.11. The molecule has 0 aromatic rings. The first-order chi connectivity index (χ1) is 9.89. The van der Waals surface area contributed by atoms with Gasteiger partial charge in [0.05, 0.1) is 0 Å². The monoisotopic (exact) mass is 292 g/mol. The first kappa shape index (κ1) is 14.5. The molecule has 3 fully saturated rings. The Kier molecular flexibility index (Phi) is 3.34. The zero-order valence-electron chi connectivity index (χ0n) is 12.9. The number of amides is 4. The zero-order valence-corrected chi connectivity index (χ0v) is 12.9. The predicted octanol–water partition coefficient (Wildman–Crippen LogP) is 2.59. The van der Waals surface area contributed by atoms with Crippen LogP contribution in [0.15, 0.2) is 0 Å². The second-order valence-corrected chi connectivity index (χ2v) is 7.32. The molecule has 0 atom stereocenters. The molecule has 3 aliphatic rings. The quantitative estimate of drug-likeness (QED) is 0.795. The SMILES string of the molecule is CC(C)(C1CC1)N1C(=O)NC(=O)C2(CCCCCC2)C1=O. The molecule has 5 nitrogen and oxygen atoms in total. The molecule has 21 heavy (non-hydrogen) atoms. The van der Waals surface area contributed by atoms with Crippen molar-refractivity contribution >= 4 is 17.8 Å². The van der Waals surface area contributed by atoms with Gasteiger partial charge in [0.15, 0.2) is 0 Å². The van der Waals surface area contributed by atoms with E-state index < -0.39 is 17.0 Å². The van der Waals surface area contributed by atoms with E-state index in [-0.39, 0.29) is 11.8 Å². The van der Waals surface area contributed by atoms with Crippen molar-refractivity contribution in [1.82, 2.24) is 10.2 Å². The summed E-state index contributed by atoms with van der Waals surface area (Å²) in [7, 11) is 0. The van der Waals surface area contributed by atoms with Crippen LogP contribution in [0.1, 0.15) is 65.2 Å². The predicted molar refractivity (Wildman–Crippen MR) is 77.3 cm³/mol. The first-order valence-electron chi connectivity index (χ1n) is 8.10. The third kappa shape index (κ3) is 2.17. The van der Waals surface area contributed by atoms with Crippen LogP contribution in [-0.2, 0) is 9.59 Å². The second-order valence-electron chi connectivity index (χ2n) is 7.32. The molecule has 0 unspecified atom stereocenters. The fourth-order valence-electron chi connectivity index (χ4n) is 3.94. The topological polar surface area (TPSA) is 66.5 Å². The molecule has 5 heteroatoms. The molecule has 1 N–H and O–H groups in total. The smallest absolute Gasteiger partial charge is 0.277 e. The van der Waals surface area contributed by atoms with Gasteiger partial charge in [0.2, 0.25) is 11.8 Å². The standard InChI is InChI=1S/C16H24N2O3/c1-15(2,11-7-8-11)18-13(20)16(12(19)17-14(18)21)9-5-3-4-6-10-16/h11H,3-10H2,1-2H3,(H,17,19,21). The maximum Gasteiger partial charge on any atom is 0.331 e. The summed E-state index contributed by atoms with van der Waals surface area (Å²) in [6.45, 7) is 3.89. The minimum atomic E-state index is -1.00. The van der Waals surface area contributed by atoms with Crippen LogP contribution in [0.4, 0.5) is 4.79 Å². The van der Waals surface area contributed by atoms with Crippen molar-refractivity contribution in [3.63, 3.8) is 0 Å². The van der Waals surface area contributed by atoms with Crippen molar-refractivity contribution in [2.75, 3.05) is 0 Å². The lowest BCUT2D eigenvalue weighted by Crippen LogP contribution is -2.69. The van der Waals surface area contributed by atoms with Gasteiger partial charge < -0.3 is 0 Å². The minimum Gasteiger partial charge on any atom is -0.277 e. The normalized spacial score (nSPS) is 26.8. The van der Waals surface area contributed by atoms with E-state index in [2.05, 4.69) is 5.32 Å². The van der Waals surface area contributed by atoms with Gasteiger partial charge in [0.1, 0.15) is 5.41 Å². The van der Waals surface area contributed by atoms with Gasteiger partial charge in [0, 0.05) is 5.54 Å². The number of carbonyl (C=O) groups is 3. The summed E-state index contributed by atoms with van der Waals surface area (Å²) in [5, 5.41) is 2.46. The van der Waals surface area contributed by atoms with Gasteiger partial charge in [-0.15, -0.1) is 0 Å². The molecule has 4 amide bonds. The Morgan fingerprint density at radius 2 is 1.62 bits per heavy atom. The average Bonchev–Trinajstić information content (AvgIpc) is 3.24. The van der Waals surface area contributed by atoms with Crippen molar-refractivity contribution < 1.29 is 14.4 Å². The molecule has 1 aliphatic heterocycles. The number of imide groups is 2. The first-order valence-corrected chi connectivity index (χ1v) is 8.10. The minimum absolute atomic E-state index is 0.255. The maximum absolute atomic E-state index is 13.1. The lowest BCUT2D eigenvalue weighted by Gasteiger charge is -2.46. The third-order valence-electron chi connectivity index (χ3n) is 5.58. The fraction of sp³-hybridized carbons (Fsp3) is 0.812. The van der Waals surface area contributed by atoms with E-state index in [0.29, 0.717) is 18.8 Å². The van der Waals surface area contributed by atoms with E-state index in [1.165, 1.54) is 4.90 Å². The molecule has 1 heterocycles. The third-order valence-corrected chi connectivity index (χ3v) is 5.58. The van der Waals surface area contributed by atoms with Gasteiger partial charge >= 0.3 is 6.03 Å². The van der Waals surface area contributed by atoms with Crippen LogP contribution in [-0.4, -0.2) is 28.3 Å². The summed E-state index contributed by atoms with van der Waals surface area (Å²) in [5.74, 6) is -0.263. The average molecular weight is 292 g/mol. The van der Waals surface area contributed by atoms with Crippen molar-refractivity contribution in [3.05, 3.63) is 0 Å². The Morgan fingerprint density at radius 3 is 2.14 bits per heavy atom. The molecule has 1 spiro atoms. The van der Waals surface area contributed by atoms with Crippen molar-refractivity contribution in [3.8, 4) is 0 Å². The Bertz CT molecular complexity index is 486. The summed E-state index contributed by atoms with van der Waals surface area (Å²) >= 11 is 0. The molecule has 2 aliphatic carbocycles. The van der Waals surface area contributed by atoms with Gasteiger partial charge in [-0.1, -0.05) is 25.7 Å². The fourth-order valence-corrected chi connectivity index (χ4v) is 3.94. The molecule has 0 aromatic carbocycles. The number of nitrogens with one attached hydrogen (secondary N) is 1. The molecular weight excluding hydrogens is 268 g/mol. The molecule has 0 bridgehead atoms. The number of carbonyl (C=O) groups excluding carboxylic acids is 3. The van der Waals surface area contributed by atoms with Crippen LogP contribution in [0.25, 0.3) is 0 Å². The molecule has 1 saturated heterocycles. The van der Waals surface area contributed by atoms with Gasteiger partial charge in [-0.25, -0.2) is 4.79 Å². The zero-order chi connectivity index (χ0) is 15.3. The van der Waals surface area contributed by atoms with Crippen LogP contribution in [0, 0.1) is 11.3 Å². The van der Waals surface area contributed by atoms with E-state index in [9.17, 15) is 14.4 Å². The van der Waals surface area contributed by atoms with Gasteiger partial charge in [-0.05, 0) is 45.4 Å².